The Labute approximate surface area is 207 Å². The molecular formula is C27H34ClN3O3. The van der Waals surface area contributed by atoms with Crippen LogP contribution < -0.4 is 5.32 Å². The number of likely N-dealkylation sites (tertiary alicyclic amines) is 1. The SMILES string of the molecule is CC1CN(Cc2ccccc2CNC(=O)C2CCCN(C(=O)c3ccc(Cl)cc3)C2)CC(C)O1. The van der Waals surface area contributed by atoms with Gasteiger partial charge in [0.25, 0.3) is 5.91 Å². The van der Waals surface area contributed by atoms with Crippen LogP contribution in [0.1, 0.15) is 48.2 Å². The molecule has 0 saturated carbocycles. The van der Waals surface area contributed by atoms with Gasteiger partial charge in [-0.1, -0.05) is 35.9 Å². The van der Waals surface area contributed by atoms with Crippen LogP contribution in [0.25, 0.3) is 0 Å². The quantitative estimate of drug-likeness (QED) is 0.671. The molecule has 2 saturated heterocycles. The van der Waals surface area contributed by atoms with E-state index < -0.39 is 0 Å². The van der Waals surface area contributed by atoms with Gasteiger partial charge in [-0.15, -0.1) is 0 Å². The standard InChI is InChI=1S/C27H34ClN3O3/c1-19-15-30(16-20(2)34-19)17-23-7-4-3-6-22(23)14-29-26(32)24-8-5-13-31(18-24)27(33)21-9-11-25(28)12-10-21/h3-4,6-7,9-12,19-20,24H,5,8,13-18H2,1-2H3,(H,29,32). The van der Waals surface area contributed by atoms with Crippen LogP contribution in [0.2, 0.25) is 5.02 Å². The molecule has 0 spiro atoms. The monoisotopic (exact) mass is 483 g/mol. The van der Waals surface area contributed by atoms with Gasteiger partial charge in [-0.2, -0.15) is 0 Å². The molecule has 3 unspecified atom stereocenters. The maximum Gasteiger partial charge on any atom is 0.253 e. The molecule has 2 fully saturated rings. The first-order chi connectivity index (χ1) is 16.4. The maximum absolute atomic E-state index is 13.0. The molecule has 2 aliphatic rings. The summed E-state index contributed by atoms with van der Waals surface area (Å²) in [6.07, 6.45) is 2.06. The summed E-state index contributed by atoms with van der Waals surface area (Å²) < 4.78 is 5.86. The third-order valence-corrected chi connectivity index (χ3v) is 6.88. The van der Waals surface area contributed by atoms with Gasteiger partial charge in [0.1, 0.15) is 0 Å². The van der Waals surface area contributed by atoms with E-state index in [9.17, 15) is 9.59 Å². The Morgan fingerprint density at radius 1 is 1.00 bits per heavy atom. The third-order valence-electron chi connectivity index (χ3n) is 6.63. The summed E-state index contributed by atoms with van der Waals surface area (Å²) in [5.74, 6) is -0.233. The molecule has 0 radical (unpaired) electrons. The summed E-state index contributed by atoms with van der Waals surface area (Å²) >= 11 is 5.94. The van der Waals surface area contributed by atoms with Crippen LogP contribution >= 0.6 is 11.6 Å². The molecule has 2 amide bonds. The van der Waals surface area contributed by atoms with E-state index in [0.717, 1.165) is 38.0 Å². The van der Waals surface area contributed by atoms with Crippen LogP contribution in [-0.2, 0) is 22.6 Å². The molecule has 2 heterocycles. The second-order valence-corrected chi connectivity index (χ2v) is 9.97. The van der Waals surface area contributed by atoms with Crippen molar-refractivity contribution in [2.75, 3.05) is 26.2 Å². The zero-order valence-electron chi connectivity index (χ0n) is 20.0. The van der Waals surface area contributed by atoms with Crippen molar-refractivity contribution in [2.45, 2.75) is 52.0 Å². The lowest BCUT2D eigenvalue weighted by atomic mass is 9.96. The van der Waals surface area contributed by atoms with E-state index in [2.05, 4.69) is 42.3 Å². The molecule has 34 heavy (non-hydrogen) atoms. The maximum atomic E-state index is 13.0. The van der Waals surface area contributed by atoms with Gasteiger partial charge < -0.3 is 15.0 Å². The highest BCUT2D eigenvalue weighted by Gasteiger charge is 2.29. The molecular weight excluding hydrogens is 450 g/mol. The van der Waals surface area contributed by atoms with Crippen LogP contribution in [0.3, 0.4) is 0 Å². The van der Waals surface area contributed by atoms with Crippen molar-refractivity contribution in [3.8, 4) is 0 Å². The zero-order valence-corrected chi connectivity index (χ0v) is 20.8. The van der Waals surface area contributed by atoms with Crippen LogP contribution in [0.5, 0.6) is 0 Å². The van der Waals surface area contributed by atoms with E-state index in [1.165, 1.54) is 5.56 Å². The first-order valence-corrected chi connectivity index (χ1v) is 12.5. The number of rotatable bonds is 6. The summed E-state index contributed by atoms with van der Waals surface area (Å²) in [6, 6.07) is 15.2. The van der Waals surface area contributed by atoms with Crippen molar-refractivity contribution in [3.05, 3.63) is 70.2 Å². The molecule has 2 aromatic carbocycles. The topological polar surface area (TPSA) is 61.9 Å². The highest BCUT2D eigenvalue weighted by atomic mass is 35.5. The van der Waals surface area contributed by atoms with E-state index in [0.29, 0.717) is 30.2 Å². The van der Waals surface area contributed by atoms with Gasteiger partial charge in [0, 0.05) is 49.9 Å². The number of amides is 2. The largest absolute Gasteiger partial charge is 0.373 e. The minimum Gasteiger partial charge on any atom is -0.373 e. The predicted octanol–water partition coefficient (Wildman–Crippen LogP) is 4.12. The third kappa shape index (κ3) is 6.38. The van der Waals surface area contributed by atoms with Gasteiger partial charge in [0.15, 0.2) is 0 Å². The highest BCUT2D eigenvalue weighted by Crippen LogP contribution is 2.21. The number of morpholine rings is 1. The molecule has 2 aliphatic heterocycles. The van der Waals surface area contributed by atoms with Gasteiger partial charge in [-0.25, -0.2) is 0 Å². The van der Waals surface area contributed by atoms with Crippen molar-refractivity contribution in [3.63, 3.8) is 0 Å². The molecule has 6 nitrogen and oxygen atoms in total. The van der Waals surface area contributed by atoms with Gasteiger partial charge in [-0.3, -0.25) is 14.5 Å². The first-order valence-electron chi connectivity index (χ1n) is 12.2. The molecule has 3 atom stereocenters. The Morgan fingerprint density at radius 2 is 1.68 bits per heavy atom. The normalized spacial score (nSPS) is 23.5. The number of carbonyl (C=O) groups is 2. The summed E-state index contributed by atoms with van der Waals surface area (Å²) in [4.78, 5) is 30.1. The molecule has 1 N–H and O–H groups in total. The van der Waals surface area contributed by atoms with Crippen molar-refractivity contribution in [1.82, 2.24) is 15.1 Å². The van der Waals surface area contributed by atoms with Crippen LogP contribution in [0.15, 0.2) is 48.5 Å². The fourth-order valence-corrected chi connectivity index (χ4v) is 5.14. The number of nitrogens with zero attached hydrogens (tertiary/aromatic N) is 2. The van der Waals surface area contributed by atoms with Gasteiger partial charge in [0.05, 0.1) is 18.1 Å². The summed E-state index contributed by atoms with van der Waals surface area (Å²) in [5, 5.41) is 3.74. The Hall–Kier alpha value is -2.41. The highest BCUT2D eigenvalue weighted by molar-refractivity contribution is 6.30. The Balaban J connectivity index is 1.33. The zero-order chi connectivity index (χ0) is 24.1. The van der Waals surface area contributed by atoms with E-state index in [1.807, 2.05) is 6.07 Å². The number of halogens is 1. The minimum absolute atomic E-state index is 0.0111. The number of nitrogens with one attached hydrogen (secondary N) is 1. The molecule has 0 aromatic heterocycles. The Kier molecular flexibility index (Phi) is 8.24. The number of carbonyl (C=O) groups excluding carboxylic acids is 2. The summed E-state index contributed by atoms with van der Waals surface area (Å²) in [5.41, 5.74) is 2.96. The lowest BCUT2D eigenvalue weighted by Gasteiger charge is -2.35. The first kappa shape index (κ1) is 24.7. The van der Waals surface area contributed by atoms with Crippen LogP contribution in [0, 0.1) is 5.92 Å². The van der Waals surface area contributed by atoms with Crippen molar-refractivity contribution in [1.29, 1.82) is 0 Å². The fraction of sp³-hybridized carbons (Fsp3) is 0.481. The number of benzene rings is 2. The smallest absolute Gasteiger partial charge is 0.253 e. The lowest BCUT2D eigenvalue weighted by molar-refractivity contribution is -0.126. The molecule has 0 bridgehead atoms. The predicted molar refractivity (Wildman–Crippen MR) is 134 cm³/mol. The number of piperidine rings is 1. The number of hydrogen-bond acceptors (Lipinski definition) is 4. The average Bonchev–Trinajstić information content (AvgIpc) is 2.83. The molecule has 4 rings (SSSR count). The van der Waals surface area contributed by atoms with E-state index >= 15 is 0 Å². The molecule has 182 valence electrons. The summed E-state index contributed by atoms with van der Waals surface area (Å²) in [7, 11) is 0. The van der Waals surface area contributed by atoms with E-state index in [1.54, 1.807) is 29.2 Å². The van der Waals surface area contributed by atoms with E-state index in [-0.39, 0.29) is 29.9 Å². The minimum atomic E-state index is -0.196. The molecule has 7 heteroatoms. The number of ether oxygens (including phenoxy) is 1. The molecule has 2 aromatic rings. The second-order valence-electron chi connectivity index (χ2n) is 9.54. The van der Waals surface area contributed by atoms with Gasteiger partial charge >= 0.3 is 0 Å². The van der Waals surface area contributed by atoms with E-state index in [4.69, 9.17) is 16.3 Å². The fourth-order valence-electron chi connectivity index (χ4n) is 5.02. The van der Waals surface area contributed by atoms with Crippen molar-refractivity contribution in [2.24, 2.45) is 5.92 Å². The van der Waals surface area contributed by atoms with Gasteiger partial charge in [0.2, 0.25) is 5.91 Å². The second kappa shape index (κ2) is 11.3. The Morgan fingerprint density at radius 3 is 2.38 bits per heavy atom. The Bertz CT molecular complexity index is 987. The molecule has 0 aliphatic carbocycles. The lowest BCUT2D eigenvalue weighted by Crippen LogP contribution is -2.45. The van der Waals surface area contributed by atoms with Crippen LogP contribution in [0.4, 0.5) is 0 Å². The van der Waals surface area contributed by atoms with Crippen molar-refractivity contribution < 1.29 is 14.3 Å². The summed E-state index contributed by atoms with van der Waals surface area (Å²) in [6.45, 7) is 8.49. The average molecular weight is 484 g/mol. The van der Waals surface area contributed by atoms with Crippen molar-refractivity contribution >= 4 is 23.4 Å². The number of hydrogen-bond donors (Lipinski definition) is 1. The van der Waals surface area contributed by atoms with Gasteiger partial charge in [-0.05, 0) is 62.1 Å². The van der Waals surface area contributed by atoms with Crippen LogP contribution in [-0.4, -0.2) is 60.0 Å².